The molecule has 0 amide bonds. The molecule has 22 heavy (non-hydrogen) atoms. The molecule has 0 bridgehead atoms. The van der Waals surface area contributed by atoms with Crippen molar-refractivity contribution in [2.75, 3.05) is 45.5 Å². The van der Waals surface area contributed by atoms with Crippen LogP contribution in [0.4, 0.5) is 0 Å². The number of guanidine groups is 1. The van der Waals surface area contributed by atoms with Gasteiger partial charge in [-0.25, -0.2) is 12.7 Å². The van der Waals surface area contributed by atoms with Crippen LogP contribution in [0.5, 0.6) is 0 Å². The molecule has 126 valence electrons. The molecule has 2 aliphatic heterocycles. The summed E-state index contributed by atoms with van der Waals surface area (Å²) in [6.07, 6.45) is 7.47. The molecule has 1 spiro atoms. The normalized spacial score (nSPS) is 27.9. The minimum atomic E-state index is -2.99. The van der Waals surface area contributed by atoms with Crippen molar-refractivity contribution in [3.05, 3.63) is 0 Å². The third-order valence-electron chi connectivity index (χ3n) is 5.46. The first-order chi connectivity index (χ1) is 10.5. The minimum Gasteiger partial charge on any atom is -0.355 e. The van der Waals surface area contributed by atoms with E-state index < -0.39 is 10.0 Å². The van der Waals surface area contributed by atoms with Gasteiger partial charge in [-0.05, 0) is 31.1 Å². The molecule has 0 aromatic rings. The zero-order valence-corrected chi connectivity index (χ0v) is 14.4. The maximum absolute atomic E-state index is 11.8. The summed E-state index contributed by atoms with van der Waals surface area (Å²) in [5, 5.41) is 3.35. The summed E-state index contributed by atoms with van der Waals surface area (Å²) in [6.45, 7) is 4.02. The number of nitrogens with zero attached hydrogens (tertiary/aromatic N) is 3. The molecule has 1 N–H and O–H groups in total. The Morgan fingerprint density at radius 3 is 2.59 bits per heavy atom. The number of rotatable bonds is 3. The second-order valence-electron chi connectivity index (χ2n) is 6.92. The largest absolute Gasteiger partial charge is 0.355 e. The molecular weight excluding hydrogens is 300 g/mol. The second-order valence-corrected chi connectivity index (χ2v) is 9.01. The number of aliphatic imine (C=N–C) groups is 1. The number of sulfonamides is 1. The SMILES string of the molecule is CN=C(NCCN1CCCS1(=O)=O)N1CCC2(CCCC2)C1. The van der Waals surface area contributed by atoms with E-state index >= 15 is 0 Å². The van der Waals surface area contributed by atoms with Gasteiger partial charge in [-0.1, -0.05) is 12.8 Å². The fourth-order valence-electron chi connectivity index (χ4n) is 4.22. The molecular formula is C15H28N4O2S. The van der Waals surface area contributed by atoms with Crippen LogP contribution < -0.4 is 5.32 Å². The summed E-state index contributed by atoms with van der Waals surface area (Å²) in [5.41, 5.74) is 0.524. The first-order valence-electron chi connectivity index (χ1n) is 8.48. The van der Waals surface area contributed by atoms with Crippen LogP contribution in [-0.4, -0.2) is 69.1 Å². The summed E-state index contributed by atoms with van der Waals surface area (Å²) in [5.74, 6) is 1.23. The lowest BCUT2D eigenvalue weighted by Crippen LogP contribution is -2.44. The molecule has 0 aromatic heterocycles. The Kier molecular flexibility index (Phi) is 4.64. The van der Waals surface area contributed by atoms with E-state index in [4.69, 9.17) is 0 Å². The Labute approximate surface area is 134 Å². The Morgan fingerprint density at radius 1 is 1.18 bits per heavy atom. The van der Waals surface area contributed by atoms with Gasteiger partial charge in [0, 0.05) is 39.8 Å². The fourth-order valence-corrected chi connectivity index (χ4v) is 5.74. The van der Waals surface area contributed by atoms with Crippen LogP contribution >= 0.6 is 0 Å². The monoisotopic (exact) mass is 328 g/mol. The topological polar surface area (TPSA) is 65.0 Å². The molecule has 2 saturated heterocycles. The van der Waals surface area contributed by atoms with E-state index in [1.165, 1.54) is 32.1 Å². The molecule has 3 fully saturated rings. The highest BCUT2D eigenvalue weighted by atomic mass is 32.2. The first kappa shape index (κ1) is 16.1. The number of hydrogen-bond donors (Lipinski definition) is 1. The van der Waals surface area contributed by atoms with E-state index in [0.29, 0.717) is 30.8 Å². The van der Waals surface area contributed by atoms with Crippen molar-refractivity contribution in [1.82, 2.24) is 14.5 Å². The zero-order chi connectivity index (χ0) is 15.6. The molecule has 0 aromatic carbocycles. The average molecular weight is 328 g/mol. The van der Waals surface area contributed by atoms with Crippen LogP contribution in [0.25, 0.3) is 0 Å². The van der Waals surface area contributed by atoms with E-state index in [1.54, 1.807) is 4.31 Å². The summed E-state index contributed by atoms with van der Waals surface area (Å²) in [7, 11) is -1.18. The Hall–Kier alpha value is -0.820. The highest BCUT2D eigenvalue weighted by molar-refractivity contribution is 7.89. The van der Waals surface area contributed by atoms with Gasteiger partial charge in [-0.2, -0.15) is 0 Å². The van der Waals surface area contributed by atoms with E-state index in [9.17, 15) is 8.42 Å². The van der Waals surface area contributed by atoms with E-state index in [-0.39, 0.29) is 0 Å². The quantitative estimate of drug-likeness (QED) is 0.616. The standard InChI is InChI=1S/C15H28N4O2S/c1-16-14(17-8-11-19-9-4-12-22(19,20)21)18-10-7-15(13-18)5-2-3-6-15/h2-13H2,1H3,(H,16,17). The van der Waals surface area contributed by atoms with Crippen molar-refractivity contribution in [3.8, 4) is 0 Å². The molecule has 0 unspecified atom stereocenters. The lowest BCUT2D eigenvalue weighted by Gasteiger charge is -2.26. The molecule has 0 radical (unpaired) electrons. The Bertz CT molecular complexity index is 526. The van der Waals surface area contributed by atoms with E-state index in [1.807, 2.05) is 7.05 Å². The van der Waals surface area contributed by atoms with Gasteiger partial charge in [0.2, 0.25) is 10.0 Å². The maximum atomic E-state index is 11.8. The Balaban J connectivity index is 1.49. The predicted molar refractivity (Wildman–Crippen MR) is 88.4 cm³/mol. The molecule has 1 saturated carbocycles. The molecule has 3 aliphatic rings. The van der Waals surface area contributed by atoms with Crippen LogP contribution in [0.1, 0.15) is 38.5 Å². The fraction of sp³-hybridized carbons (Fsp3) is 0.933. The number of hydrogen-bond acceptors (Lipinski definition) is 3. The summed E-state index contributed by atoms with van der Waals surface area (Å²) in [4.78, 5) is 6.74. The summed E-state index contributed by atoms with van der Waals surface area (Å²) < 4.78 is 25.2. The smallest absolute Gasteiger partial charge is 0.214 e. The predicted octanol–water partition coefficient (Wildman–Crippen LogP) is 0.863. The third kappa shape index (κ3) is 3.25. The number of likely N-dealkylation sites (tertiary alicyclic amines) is 1. The zero-order valence-electron chi connectivity index (χ0n) is 13.6. The molecule has 3 rings (SSSR count). The van der Waals surface area contributed by atoms with Crippen molar-refractivity contribution in [2.45, 2.75) is 38.5 Å². The van der Waals surface area contributed by atoms with E-state index in [0.717, 1.165) is 25.5 Å². The van der Waals surface area contributed by atoms with Crippen molar-refractivity contribution in [1.29, 1.82) is 0 Å². The molecule has 7 heteroatoms. The number of nitrogens with one attached hydrogen (secondary N) is 1. The molecule has 2 heterocycles. The van der Waals surface area contributed by atoms with E-state index in [2.05, 4.69) is 15.2 Å². The third-order valence-corrected chi connectivity index (χ3v) is 7.42. The van der Waals surface area contributed by atoms with Gasteiger partial charge in [0.05, 0.1) is 5.75 Å². The Morgan fingerprint density at radius 2 is 1.95 bits per heavy atom. The van der Waals surface area contributed by atoms with Crippen LogP contribution in [0.15, 0.2) is 4.99 Å². The van der Waals surface area contributed by atoms with Crippen molar-refractivity contribution in [3.63, 3.8) is 0 Å². The van der Waals surface area contributed by atoms with Gasteiger partial charge in [0.1, 0.15) is 0 Å². The summed E-state index contributed by atoms with van der Waals surface area (Å²) in [6, 6.07) is 0. The summed E-state index contributed by atoms with van der Waals surface area (Å²) >= 11 is 0. The van der Waals surface area contributed by atoms with Crippen molar-refractivity contribution in [2.24, 2.45) is 10.4 Å². The van der Waals surface area contributed by atoms with Crippen molar-refractivity contribution >= 4 is 16.0 Å². The van der Waals surface area contributed by atoms with Gasteiger partial charge in [-0.3, -0.25) is 4.99 Å². The van der Waals surface area contributed by atoms with Crippen LogP contribution in [-0.2, 0) is 10.0 Å². The second kappa shape index (κ2) is 6.35. The van der Waals surface area contributed by atoms with Gasteiger partial charge >= 0.3 is 0 Å². The lowest BCUT2D eigenvalue weighted by molar-refractivity contribution is 0.309. The van der Waals surface area contributed by atoms with Crippen LogP contribution in [0.2, 0.25) is 0 Å². The van der Waals surface area contributed by atoms with Gasteiger partial charge in [-0.15, -0.1) is 0 Å². The molecule has 1 aliphatic carbocycles. The molecule has 6 nitrogen and oxygen atoms in total. The van der Waals surface area contributed by atoms with Gasteiger partial charge < -0.3 is 10.2 Å². The highest BCUT2D eigenvalue weighted by Gasteiger charge is 2.41. The lowest BCUT2D eigenvalue weighted by atomic mass is 9.86. The highest BCUT2D eigenvalue weighted by Crippen LogP contribution is 2.45. The van der Waals surface area contributed by atoms with Crippen LogP contribution in [0, 0.1) is 5.41 Å². The minimum absolute atomic E-state index is 0.302. The first-order valence-corrected chi connectivity index (χ1v) is 10.1. The maximum Gasteiger partial charge on any atom is 0.214 e. The van der Waals surface area contributed by atoms with Gasteiger partial charge in [0.25, 0.3) is 0 Å². The molecule has 0 atom stereocenters. The van der Waals surface area contributed by atoms with Crippen LogP contribution in [0.3, 0.4) is 0 Å². The van der Waals surface area contributed by atoms with Gasteiger partial charge in [0.15, 0.2) is 5.96 Å². The average Bonchev–Trinajstić information content (AvgIpc) is 3.19. The van der Waals surface area contributed by atoms with Crippen molar-refractivity contribution < 1.29 is 8.42 Å².